The van der Waals surface area contributed by atoms with Crippen molar-refractivity contribution in [3.8, 4) is 0 Å². The van der Waals surface area contributed by atoms with E-state index in [4.69, 9.17) is 0 Å². The van der Waals surface area contributed by atoms with E-state index in [1.54, 1.807) is 6.92 Å². The van der Waals surface area contributed by atoms with Crippen molar-refractivity contribution in [1.82, 2.24) is 9.88 Å². The molecule has 4 nitrogen and oxygen atoms in total. The van der Waals surface area contributed by atoms with Crippen molar-refractivity contribution < 1.29 is 4.79 Å². The van der Waals surface area contributed by atoms with Crippen LogP contribution in [0.1, 0.15) is 41.3 Å². The molecular weight excluding hydrogens is 306 g/mol. The lowest BCUT2D eigenvalue weighted by Crippen LogP contribution is -2.43. The second-order valence-corrected chi connectivity index (χ2v) is 7.51. The van der Waals surface area contributed by atoms with E-state index in [1.165, 1.54) is 52.3 Å². The number of aryl methyl sites for hydroxylation is 1. The summed E-state index contributed by atoms with van der Waals surface area (Å²) in [5, 5.41) is 1.20. The third kappa shape index (κ3) is 2.79. The van der Waals surface area contributed by atoms with Crippen LogP contribution in [0.4, 0.5) is 5.00 Å². The first-order chi connectivity index (χ1) is 11.2. The molecule has 0 aromatic carbocycles. The third-order valence-corrected chi connectivity index (χ3v) is 6.12. The van der Waals surface area contributed by atoms with Gasteiger partial charge >= 0.3 is 0 Å². The Labute approximate surface area is 140 Å². The predicted octanol–water partition coefficient (Wildman–Crippen LogP) is 3.35. The van der Waals surface area contributed by atoms with Crippen molar-refractivity contribution in [2.45, 2.75) is 45.7 Å². The molecule has 1 aliphatic carbocycles. The number of amides is 1. The number of carbonyl (C=O) groups excluding carboxylic acids is 1. The second kappa shape index (κ2) is 6.06. The van der Waals surface area contributed by atoms with Crippen LogP contribution in [0.2, 0.25) is 0 Å². The topological polar surface area (TPSA) is 36.4 Å². The Kier molecular flexibility index (Phi) is 3.91. The summed E-state index contributed by atoms with van der Waals surface area (Å²) in [4.78, 5) is 22.1. The average molecular weight is 327 g/mol. The minimum Gasteiger partial charge on any atom is -0.290 e. The maximum Gasteiger partial charge on any atom is 0.225 e. The monoisotopic (exact) mass is 327 g/mol. The van der Waals surface area contributed by atoms with Crippen molar-refractivity contribution in [2.75, 3.05) is 11.6 Å². The molecule has 2 aromatic heterocycles. The highest BCUT2D eigenvalue weighted by atomic mass is 32.1. The van der Waals surface area contributed by atoms with Crippen molar-refractivity contribution >= 4 is 22.2 Å². The van der Waals surface area contributed by atoms with Crippen LogP contribution in [0, 0.1) is 0 Å². The molecule has 0 unspecified atom stereocenters. The van der Waals surface area contributed by atoms with Crippen molar-refractivity contribution in [3.63, 3.8) is 0 Å². The van der Waals surface area contributed by atoms with E-state index in [-0.39, 0.29) is 5.91 Å². The van der Waals surface area contributed by atoms with Gasteiger partial charge in [0.25, 0.3) is 0 Å². The molecule has 0 saturated heterocycles. The van der Waals surface area contributed by atoms with Gasteiger partial charge in [-0.05, 0) is 48.9 Å². The van der Waals surface area contributed by atoms with Gasteiger partial charge in [-0.2, -0.15) is 0 Å². The number of pyridine rings is 1. The van der Waals surface area contributed by atoms with E-state index in [1.807, 2.05) is 28.6 Å². The molecule has 1 amide bonds. The zero-order chi connectivity index (χ0) is 15.8. The number of aromatic nitrogens is 1. The van der Waals surface area contributed by atoms with Gasteiger partial charge in [0.15, 0.2) is 0 Å². The summed E-state index contributed by atoms with van der Waals surface area (Å²) in [6.07, 6.45) is 8.59. The fourth-order valence-corrected chi connectivity index (χ4v) is 5.07. The Balaban J connectivity index is 1.66. The number of anilines is 1. The fourth-order valence-electron chi connectivity index (χ4n) is 3.63. The molecule has 3 heterocycles. The summed E-state index contributed by atoms with van der Waals surface area (Å²) in [6.45, 7) is 4.17. The lowest BCUT2D eigenvalue weighted by molar-refractivity contribution is -0.117. The van der Waals surface area contributed by atoms with E-state index in [2.05, 4.69) is 22.0 Å². The average Bonchev–Trinajstić information content (AvgIpc) is 2.93. The van der Waals surface area contributed by atoms with E-state index in [0.717, 1.165) is 13.1 Å². The highest BCUT2D eigenvalue weighted by Gasteiger charge is 2.31. The second-order valence-electron chi connectivity index (χ2n) is 6.43. The van der Waals surface area contributed by atoms with Crippen molar-refractivity contribution in [1.29, 1.82) is 0 Å². The van der Waals surface area contributed by atoms with E-state index in [0.29, 0.717) is 6.67 Å². The quantitative estimate of drug-likeness (QED) is 0.849. The molecule has 0 atom stereocenters. The zero-order valence-electron chi connectivity index (χ0n) is 13.4. The number of rotatable bonds is 2. The number of nitrogens with zero attached hydrogens (tertiary/aromatic N) is 3. The van der Waals surface area contributed by atoms with Crippen molar-refractivity contribution in [3.05, 3.63) is 46.1 Å². The Bertz CT molecular complexity index is 725. The molecule has 23 heavy (non-hydrogen) atoms. The minimum absolute atomic E-state index is 0.143. The first-order valence-corrected chi connectivity index (χ1v) is 9.07. The van der Waals surface area contributed by atoms with Gasteiger partial charge in [0.2, 0.25) is 5.91 Å². The highest BCUT2D eigenvalue weighted by Crippen LogP contribution is 2.43. The van der Waals surface area contributed by atoms with Gasteiger partial charge in [-0.3, -0.25) is 19.6 Å². The van der Waals surface area contributed by atoms with Crippen LogP contribution in [0.5, 0.6) is 0 Å². The Morgan fingerprint density at radius 3 is 2.78 bits per heavy atom. The van der Waals surface area contributed by atoms with Gasteiger partial charge in [0.1, 0.15) is 5.00 Å². The van der Waals surface area contributed by atoms with Crippen LogP contribution in [0.25, 0.3) is 0 Å². The summed E-state index contributed by atoms with van der Waals surface area (Å²) in [7, 11) is 0. The predicted molar refractivity (Wildman–Crippen MR) is 92.5 cm³/mol. The molecule has 0 radical (unpaired) electrons. The van der Waals surface area contributed by atoms with Gasteiger partial charge in [-0.25, -0.2) is 0 Å². The lowest BCUT2D eigenvalue weighted by Gasteiger charge is -2.35. The molecule has 0 bridgehead atoms. The van der Waals surface area contributed by atoms with Gasteiger partial charge in [-0.1, -0.05) is 0 Å². The summed E-state index contributed by atoms with van der Waals surface area (Å²) in [5.41, 5.74) is 4.18. The van der Waals surface area contributed by atoms with Gasteiger partial charge in [0.05, 0.1) is 6.67 Å². The molecule has 2 aliphatic rings. The van der Waals surface area contributed by atoms with Gasteiger partial charge < -0.3 is 0 Å². The van der Waals surface area contributed by atoms with Gasteiger partial charge in [0, 0.05) is 42.8 Å². The molecule has 4 rings (SSSR count). The lowest BCUT2D eigenvalue weighted by atomic mass is 9.94. The molecule has 2 aromatic rings. The van der Waals surface area contributed by atoms with E-state index in [9.17, 15) is 4.79 Å². The minimum atomic E-state index is 0.143. The molecule has 5 heteroatoms. The normalized spacial score (nSPS) is 17.7. The van der Waals surface area contributed by atoms with Crippen LogP contribution >= 0.6 is 11.3 Å². The maximum absolute atomic E-state index is 12.2. The molecule has 0 fully saturated rings. The summed E-state index contributed by atoms with van der Waals surface area (Å²) in [5.74, 6) is 0.143. The molecule has 120 valence electrons. The fraction of sp³-hybridized carbons (Fsp3) is 0.444. The molecular formula is C18H21N3OS. The van der Waals surface area contributed by atoms with Crippen LogP contribution in [0.3, 0.4) is 0 Å². The standard InChI is InChI=1S/C18H21N3OS/c1-13(22)21-12-20(10-14-6-8-19-9-7-14)11-16-15-4-2-3-5-17(15)23-18(16)21/h6-9H,2-5,10-12H2,1H3. The van der Waals surface area contributed by atoms with E-state index < -0.39 is 0 Å². The molecule has 0 N–H and O–H groups in total. The molecule has 1 aliphatic heterocycles. The number of carbonyl (C=O) groups is 1. The molecule has 0 spiro atoms. The first-order valence-electron chi connectivity index (χ1n) is 8.25. The number of hydrogen-bond donors (Lipinski definition) is 0. The number of fused-ring (bicyclic) bond motifs is 3. The zero-order valence-corrected chi connectivity index (χ0v) is 14.2. The smallest absolute Gasteiger partial charge is 0.225 e. The number of hydrogen-bond acceptors (Lipinski definition) is 4. The highest BCUT2D eigenvalue weighted by molar-refractivity contribution is 7.16. The van der Waals surface area contributed by atoms with Crippen LogP contribution in [-0.4, -0.2) is 22.5 Å². The molecule has 0 saturated carbocycles. The van der Waals surface area contributed by atoms with E-state index >= 15 is 0 Å². The van der Waals surface area contributed by atoms with Gasteiger partial charge in [-0.15, -0.1) is 11.3 Å². The number of thiophene rings is 1. The Morgan fingerprint density at radius 1 is 1.22 bits per heavy atom. The first kappa shape index (κ1) is 14.8. The summed E-state index contributed by atoms with van der Waals surface area (Å²) >= 11 is 1.85. The summed E-state index contributed by atoms with van der Waals surface area (Å²) in [6, 6.07) is 4.10. The van der Waals surface area contributed by atoms with Crippen LogP contribution in [-0.2, 0) is 30.7 Å². The third-order valence-electron chi connectivity index (χ3n) is 4.76. The summed E-state index contributed by atoms with van der Waals surface area (Å²) < 4.78 is 0. The van der Waals surface area contributed by atoms with Crippen LogP contribution in [0.15, 0.2) is 24.5 Å². The SMILES string of the molecule is CC(=O)N1CN(Cc2ccncc2)Cc2c1sc1c2CCCC1. The largest absolute Gasteiger partial charge is 0.290 e. The Hall–Kier alpha value is -1.72. The van der Waals surface area contributed by atoms with Crippen molar-refractivity contribution in [2.24, 2.45) is 0 Å². The van der Waals surface area contributed by atoms with Crippen LogP contribution < -0.4 is 4.90 Å². The Morgan fingerprint density at radius 2 is 2.00 bits per heavy atom. The maximum atomic E-state index is 12.2.